The first-order chi connectivity index (χ1) is 13.5. The van der Waals surface area contributed by atoms with Gasteiger partial charge in [-0.25, -0.2) is 14.5 Å². The molecule has 11 heteroatoms. The van der Waals surface area contributed by atoms with Crippen molar-refractivity contribution in [1.82, 2.24) is 29.4 Å². The number of hydrogen-bond donors (Lipinski definition) is 0. The quantitative estimate of drug-likeness (QED) is 0.383. The molecule has 0 N–H and O–H groups in total. The summed E-state index contributed by atoms with van der Waals surface area (Å²) in [7, 11) is 1.35. The topological polar surface area (TPSA) is 113 Å². The fraction of sp³-hybridized carbons (Fsp3) is 0.412. The molecule has 0 saturated carbocycles. The minimum absolute atomic E-state index is 0.0288. The molecule has 0 amide bonds. The van der Waals surface area contributed by atoms with E-state index in [4.69, 9.17) is 9.72 Å². The summed E-state index contributed by atoms with van der Waals surface area (Å²) in [6.45, 7) is 2.49. The lowest BCUT2D eigenvalue weighted by Crippen LogP contribution is -2.08. The van der Waals surface area contributed by atoms with E-state index in [1.54, 1.807) is 22.2 Å². The molecule has 10 nitrogen and oxygen atoms in total. The van der Waals surface area contributed by atoms with Gasteiger partial charge in [0.05, 0.1) is 17.4 Å². The van der Waals surface area contributed by atoms with Crippen molar-refractivity contribution < 1.29 is 9.66 Å². The van der Waals surface area contributed by atoms with E-state index in [1.807, 2.05) is 0 Å². The van der Waals surface area contributed by atoms with E-state index in [2.05, 4.69) is 22.1 Å². The van der Waals surface area contributed by atoms with E-state index >= 15 is 0 Å². The van der Waals surface area contributed by atoms with Gasteiger partial charge in [-0.05, 0) is 30.7 Å². The highest BCUT2D eigenvalue weighted by molar-refractivity contribution is 7.19. The van der Waals surface area contributed by atoms with Crippen LogP contribution in [-0.4, -0.2) is 41.4 Å². The van der Waals surface area contributed by atoms with Crippen molar-refractivity contribution >= 4 is 32.9 Å². The fourth-order valence-corrected chi connectivity index (χ4v) is 5.09. The Morgan fingerprint density at radius 3 is 3.04 bits per heavy atom. The highest BCUT2D eigenvalue weighted by Gasteiger charge is 2.24. The number of thiophene rings is 1. The maximum Gasteiger partial charge on any atom is 0.350 e. The van der Waals surface area contributed by atoms with Crippen LogP contribution in [-0.2, 0) is 19.4 Å². The van der Waals surface area contributed by atoms with Gasteiger partial charge >= 0.3 is 11.6 Å². The van der Waals surface area contributed by atoms with E-state index in [-0.39, 0.29) is 18.1 Å². The summed E-state index contributed by atoms with van der Waals surface area (Å²) in [5.41, 5.74) is 1.93. The molecule has 4 aromatic rings. The molecule has 0 saturated heterocycles. The molecule has 0 radical (unpaired) electrons. The van der Waals surface area contributed by atoms with E-state index in [1.165, 1.54) is 28.4 Å². The zero-order valence-electron chi connectivity index (χ0n) is 15.3. The van der Waals surface area contributed by atoms with Crippen molar-refractivity contribution in [3.05, 3.63) is 38.9 Å². The third kappa shape index (κ3) is 2.61. The van der Waals surface area contributed by atoms with E-state index < -0.39 is 4.92 Å². The van der Waals surface area contributed by atoms with Crippen molar-refractivity contribution in [3.8, 4) is 5.88 Å². The second-order valence-corrected chi connectivity index (χ2v) is 8.13. The highest BCUT2D eigenvalue weighted by Crippen LogP contribution is 2.38. The maximum atomic E-state index is 11.1. The van der Waals surface area contributed by atoms with Crippen LogP contribution in [0.15, 0.2) is 12.5 Å². The van der Waals surface area contributed by atoms with Gasteiger partial charge < -0.3 is 4.74 Å². The van der Waals surface area contributed by atoms with E-state index in [9.17, 15) is 10.1 Å². The maximum absolute atomic E-state index is 11.1. The van der Waals surface area contributed by atoms with Crippen LogP contribution in [0.1, 0.15) is 29.6 Å². The number of hydrogen-bond acceptors (Lipinski definition) is 8. The molecule has 1 atom stereocenters. The summed E-state index contributed by atoms with van der Waals surface area (Å²) in [5.74, 6) is 1.17. The van der Waals surface area contributed by atoms with E-state index in [0.29, 0.717) is 11.7 Å². The number of nitro groups is 1. The molecule has 4 aromatic heterocycles. The van der Waals surface area contributed by atoms with Gasteiger partial charge in [-0.15, -0.1) is 21.5 Å². The lowest BCUT2D eigenvalue weighted by atomic mass is 9.89. The number of methoxy groups -OCH3 is 1. The number of nitrogens with zero attached hydrogens (tertiary/aromatic N) is 7. The fourth-order valence-electron chi connectivity index (χ4n) is 3.74. The standard InChI is InChI=1S/C17H17N7O3S/c1-9-3-4-10-12(5-9)28-17-14(10)15-19-13(20-23(15)8-18-17)7-22-6-11(24(25)26)16(21-22)27-2/h6,8-9H,3-5,7H2,1-2H3/t9-/m0/s1. The molecule has 0 unspecified atom stereocenters. The summed E-state index contributed by atoms with van der Waals surface area (Å²) in [5, 5.41) is 20.8. The van der Waals surface area contributed by atoms with Gasteiger partial charge in [0.15, 0.2) is 11.5 Å². The summed E-state index contributed by atoms with van der Waals surface area (Å²) in [6.07, 6.45) is 6.28. The largest absolute Gasteiger partial charge is 0.475 e. The van der Waals surface area contributed by atoms with Gasteiger partial charge in [0.2, 0.25) is 0 Å². The number of aromatic nitrogens is 6. The Balaban J connectivity index is 1.57. The smallest absolute Gasteiger partial charge is 0.350 e. The van der Waals surface area contributed by atoms with Crippen molar-refractivity contribution in [2.75, 3.05) is 7.11 Å². The minimum Gasteiger partial charge on any atom is -0.475 e. The number of rotatable bonds is 4. The molecule has 1 aliphatic rings. The third-order valence-electron chi connectivity index (χ3n) is 5.08. The van der Waals surface area contributed by atoms with Gasteiger partial charge in [0, 0.05) is 4.88 Å². The minimum atomic E-state index is -0.522. The summed E-state index contributed by atoms with van der Waals surface area (Å²) in [4.78, 5) is 22.2. The second-order valence-electron chi connectivity index (χ2n) is 7.05. The highest BCUT2D eigenvalue weighted by atomic mass is 32.1. The number of aryl methyl sites for hydroxylation is 1. The van der Waals surface area contributed by atoms with Crippen LogP contribution >= 0.6 is 11.3 Å². The summed E-state index contributed by atoms with van der Waals surface area (Å²) >= 11 is 1.74. The average molecular weight is 399 g/mol. The number of fused-ring (bicyclic) bond motifs is 5. The molecule has 144 valence electrons. The molecule has 5 rings (SSSR count). The van der Waals surface area contributed by atoms with Crippen molar-refractivity contribution in [2.24, 2.45) is 5.92 Å². The van der Waals surface area contributed by atoms with Crippen LogP contribution < -0.4 is 4.74 Å². The first-order valence-electron chi connectivity index (χ1n) is 8.94. The van der Waals surface area contributed by atoms with Crippen molar-refractivity contribution in [3.63, 3.8) is 0 Å². The molecule has 28 heavy (non-hydrogen) atoms. The summed E-state index contributed by atoms with van der Waals surface area (Å²) < 4.78 is 8.07. The van der Waals surface area contributed by atoms with Crippen LogP contribution in [0.25, 0.3) is 15.9 Å². The second kappa shape index (κ2) is 6.23. The zero-order chi connectivity index (χ0) is 19.4. The third-order valence-corrected chi connectivity index (χ3v) is 6.24. The Morgan fingerprint density at radius 2 is 2.29 bits per heavy atom. The molecular formula is C17H17N7O3S. The molecule has 4 heterocycles. The van der Waals surface area contributed by atoms with Gasteiger partial charge in [0.1, 0.15) is 23.9 Å². The molecule has 0 spiro atoms. The van der Waals surface area contributed by atoms with Crippen LogP contribution in [0.5, 0.6) is 5.88 Å². The Morgan fingerprint density at radius 1 is 1.43 bits per heavy atom. The predicted octanol–water partition coefficient (Wildman–Crippen LogP) is 2.63. The van der Waals surface area contributed by atoms with Crippen LogP contribution in [0.2, 0.25) is 0 Å². The molecule has 0 bridgehead atoms. The molecule has 0 aliphatic heterocycles. The van der Waals surface area contributed by atoms with Gasteiger partial charge in [-0.2, -0.15) is 0 Å². The normalized spacial score (nSPS) is 16.6. The van der Waals surface area contributed by atoms with Gasteiger partial charge in [-0.1, -0.05) is 6.92 Å². The Bertz CT molecular complexity index is 1220. The van der Waals surface area contributed by atoms with Gasteiger partial charge in [-0.3, -0.25) is 14.8 Å². The monoisotopic (exact) mass is 399 g/mol. The zero-order valence-corrected chi connectivity index (χ0v) is 16.1. The van der Waals surface area contributed by atoms with Crippen LogP contribution in [0, 0.1) is 16.0 Å². The molecule has 0 fully saturated rings. The van der Waals surface area contributed by atoms with Crippen LogP contribution in [0.4, 0.5) is 5.69 Å². The average Bonchev–Trinajstić information content (AvgIpc) is 3.34. The van der Waals surface area contributed by atoms with Crippen molar-refractivity contribution in [2.45, 2.75) is 32.7 Å². The van der Waals surface area contributed by atoms with Crippen molar-refractivity contribution in [1.29, 1.82) is 0 Å². The molecular weight excluding hydrogens is 382 g/mol. The number of ether oxygens (including phenoxy) is 1. The summed E-state index contributed by atoms with van der Waals surface area (Å²) in [6, 6.07) is 0. The van der Waals surface area contributed by atoms with Crippen LogP contribution in [0.3, 0.4) is 0 Å². The Labute approximate surface area is 162 Å². The molecule has 0 aromatic carbocycles. The van der Waals surface area contributed by atoms with E-state index in [0.717, 1.165) is 35.1 Å². The Kier molecular flexibility index (Phi) is 3.79. The first kappa shape index (κ1) is 17.0. The van der Waals surface area contributed by atoms with Gasteiger partial charge in [0.25, 0.3) is 0 Å². The predicted molar refractivity (Wildman–Crippen MR) is 102 cm³/mol. The Hall–Kier alpha value is -3.08. The lowest BCUT2D eigenvalue weighted by Gasteiger charge is -2.17. The lowest BCUT2D eigenvalue weighted by molar-refractivity contribution is -0.385. The first-order valence-corrected chi connectivity index (χ1v) is 9.75. The SMILES string of the molecule is COc1nn(Cc2nc3c4c5c(sc4ncn3n2)C[C@@H](C)CC5)cc1[N+](=O)[O-]. The molecule has 1 aliphatic carbocycles.